The largest absolute Gasteiger partial charge is 0.481 e. The number of aliphatic carboxylic acids is 1. The van der Waals surface area contributed by atoms with Crippen LogP contribution in [0.3, 0.4) is 0 Å². The Morgan fingerprint density at radius 3 is 2.41 bits per heavy atom. The lowest BCUT2D eigenvalue weighted by Crippen LogP contribution is -2.10. The topological polar surface area (TPSA) is 53.4 Å². The van der Waals surface area contributed by atoms with E-state index >= 15 is 0 Å². The van der Waals surface area contributed by atoms with E-state index in [0.717, 1.165) is 12.2 Å². The maximum Gasteiger partial charge on any atom is 0.303 e. The number of carbonyl (C=O) groups is 1. The summed E-state index contributed by atoms with van der Waals surface area (Å²) in [4.78, 5) is 15.6. The van der Waals surface area contributed by atoms with Crippen molar-refractivity contribution in [3.8, 4) is 0 Å². The maximum absolute atomic E-state index is 9.37. The van der Waals surface area contributed by atoms with E-state index in [1.54, 1.807) is 6.92 Å². The highest BCUT2D eigenvalue weighted by atomic mass is 16.4. The number of pyridine rings is 1. The van der Waals surface area contributed by atoms with Gasteiger partial charge in [0.1, 0.15) is 5.82 Å². The third kappa shape index (κ3) is 7.33. The maximum atomic E-state index is 9.37. The minimum atomic E-state index is -0.745. The fourth-order valence-electron chi connectivity index (χ4n) is 1.15. The average molecular weight is 238 g/mol. The van der Waals surface area contributed by atoms with E-state index in [4.69, 9.17) is 5.11 Å². The Kier molecular flexibility index (Phi) is 7.76. The van der Waals surface area contributed by atoms with E-state index in [-0.39, 0.29) is 6.42 Å². The molecular formula is C13H22N2O2. The van der Waals surface area contributed by atoms with Gasteiger partial charge in [-0.25, -0.2) is 4.98 Å². The summed E-state index contributed by atoms with van der Waals surface area (Å²) in [6.07, 6.45) is 4.43. The molecule has 0 atom stereocenters. The molecule has 0 unspecified atom stereocenters. The van der Waals surface area contributed by atoms with Gasteiger partial charge in [-0.2, -0.15) is 0 Å². The Hall–Kier alpha value is -1.58. The van der Waals surface area contributed by atoms with Gasteiger partial charge in [-0.05, 0) is 24.1 Å². The zero-order valence-corrected chi connectivity index (χ0v) is 11.1. The number of nitrogens with zero attached hydrogens (tertiary/aromatic N) is 2. The lowest BCUT2D eigenvalue weighted by molar-refractivity contribution is -0.136. The molecule has 0 saturated heterocycles. The fraction of sp³-hybridized carbons (Fsp3) is 0.538. The Labute approximate surface area is 103 Å². The van der Waals surface area contributed by atoms with Gasteiger partial charge in [-0.1, -0.05) is 20.3 Å². The van der Waals surface area contributed by atoms with Crippen LogP contribution in [0.4, 0.5) is 5.82 Å². The van der Waals surface area contributed by atoms with Crippen molar-refractivity contribution in [3.05, 3.63) is 23.9 Å². The second kappa shape index (κ2) is 8.56. The summed E-state index contributed by atoms with van der Waals surface area (Å²) in [7, 11) is 4.02. The van der Waals surface area contributed by atoms with Crippen molar-refractivity contribution in [2.75, 3.05) is 19.0 Å². The summed E-state index contributed by atoms with van der Waals surface area (Å²) in [5, 5.41) is 7.72. The Morgan fingerprint density at radius 1 is 1.41 bits per heavy atom. The molecule has 1 aromatic heterocycles. The van der Waals surface area contributed by atoms with Crippen molar-refractivity contribution in [2.24, 2.45) is 0 Å². The molecule has 1 heterocycles. The van der Waals surface area contributed by atoms with Gasteiger partial charge in [0.2, 0.25) is 0 Å². The predicted octanol–water partition coefficient (Wildman–Crippen LogP) is 2.58. The molecule has 0 fully saturated rings. The first-order valence-electron chi connectivity index (χ1n) is 5.85. The third-order valence-electron chi connectivity index (χ3n) is 2.11. The number of carboxylic acids is 1. The van der Waals surface area contributed by atoms with Crippen molar-refractivity contribution < 1.29 is 9.90 Å². The monoisotopic (exact) mass is 238 g/mol. The molecule has 0 amide bonds. The van der Waals surface area contributed by atoms with Crippen LogP contribution >= 0.6 is 0 Å². The molecule has 4 heteroatoms. The first kappa shape index (κ1) is 15.4. The first-order valence-corrected chi connectivity index (χ1v) is 5.85. The quantitative estimate of drug-likeness (QED) is 0.876. The summed E-state index contributed by atoms with van der Waals surface area (Å²) < 4.78 is 0. The van der Waals surface area contributed by atoms with Gasteiger partial charge in [0.15, 0.2) is 0 Å². The van der Waals surface area contributed by atoms with E-state index in [1.165, 1.54) is 12.0 Å². The molecule has 0 aliphatic carbocycles. The van der Waals surface area contributed by atoms with E-state index in [2.05, 4.69) is 24.0 Å². The number of rotatable bonds is 4. The summed E-state index contributed by atoms with van der Waals surface area (Å²) in [6, 6.07) is 4.22. The number of anilines is 1. The molecule has 0 aliphatic rings. The summed E-state index contributed by atoms with van der Waals surface area (Å²) in [5.41, 5.74) is 1.37. The van der Waals surface area contributed by atoms with Crippen LogP contribution < -0.4 is 4.90 Å². The molecule has 0 spiro atoms. The first-order chi connectivity index (χ1) is 8.01. The zero-order valence-electron chi connectivity index (χ0n) is 11.1. The van der Waals surface area contributed by atoms with Crippen LogP contribution in [0.5, 0.6) is 0 Å². The molecule has 96 valence electrons. The Morgan fingerprint density at radius 2 is 2.00 bits per heavy atom. The Balaban J connectivity index is 0.000000437. The molecule has 0 aliphatic heterocycles. The van der Waals surface area contributed by atoms with Gasteiger partial charge in [0, 0.05) is 26.7 Å². The highest BCUT2D eigenvalue weighted by Gasteiger charge is 1.97. The van der Waals surface area contributed by atoms with E-state index in [0.29, 0.717) is 0 Å². The van der Waals surface area contributed by atoms with E-state index in [1.807, 2.05) is 25.2 Å². The van der Waals surface area contributed by atoms with Gasteiger partial charge >= 0.3 is 5.97 Å². The van der Waals surface area contributed by atoms with Gasteiger partial charge in [-0.15, -0.1) is 0 Å². The van der Waals surface area contributed by atoms with Crippen LogP contribution in [0.1, 0.15) is 32.3 Å². The average Bonchev–Trinajstić information content (AvgIpc) is 2.30. The fourth-order valence-corrected chi connectivity index (χ4v) is 1.15. The van der Waals surface area contributed by atoms with Crippen molar-refractivity contribution in [3.63, 3.8) is 0 Å². The molecule has 4 nitrogen and oxygen atoms in total. The van der Waals surface area contributed by atoms with Crippen molar-refractivity contribution in [1.82, 2.24) is 4.98 Å². The minimum absolute atomic E-state index is 0.222. The summed E-state index contributed by atoms with van der Waals surface area (Å²) in [6.45, 7) is 3.79. The standard InChI is InChI=1S/C10H16N2.C3H6O2/c1-4-5-9-6-7-11-10(8-9)12(2)3;1-2-3(4)5/h6-8H,4-5H2,1-3H3;2H2,1H3,(H,4,5). The molecule has 0 saturated carbocycles. The van der Waals surface area contributed by atoms with Crippen LogP contribution in [-0.4, -0.2) is 30.2 Å². The van der Waals surface area contributed by atoms with Crippen molar-refractivity contribution >= 4 is 11.8 Å². The zero-order chi connectivity index (χ0) is 13.3. The lowest BCUT2D eigenvalue weighted by atomic mass is 10.1. The molecule has 1 rings (SSSR count). The third-order valence-corrected chi connectivity index (χ3v) is 2.11. The number of hydrogen-bond acceptors (Lipinski definition) is 3. The number of aryl methyl sites for hydroxylation is 1. The number of aromatic nitrogens is 1. The van der Waals surface area contributed by atoms with Gasteiger partial charge < -0.3 is 10.0 Å². The second-order valence-electron chi connectivity index (χ2n) is 3.91. The van der Waals surface area contributed by atoms with Crippen LogP contribution in [0.15, 0.2) is 18.3 Å². The SMILES string of the molecule is CCC(=O)O.CCCc1ccnc(N(C)C)c1. The van der Waals surface area contributed by atoms with E-state index < -0.39 is 5.97 Å². The molecule has 1 aromatic rings. The number of carboxylic acid groups (broad SMARTS) is 1. The van der Waals surface area contributed by atoms with Crippen LogP contribution in [-0.2, 0) is 11.2 Å². The number of hydrogen-bond donors (Lipinski definition) is 1. The van der Waals surface area contributed by atoms with Crippen molar-refractivity contribution in [1.29, 1.82) is 0 Å². The molecule has 0 bridgehead atoms. The van der Waals surface area contributed by atoms with Crippen LogP contribution in [0, 0.1) is 0 Å². The lowest BCUT2D eigenvalue weighted by Gasteiger charge is -2.11. The van der Waals surface area contributed by atoms with Crippen LogP contribution in [0.25, 0.3) is 0 Å². The normalized spacial score (nSPS) is 9.18. The highest BCUT2D eigenvalue weighted by molar-refractivity contribution is 5.66. The molecule has 17 heavy (non-hydrogen) atoms. The van der Waals surface area contributed by atoms with Gasteiger partial charge in [-0.3, -0.25) is 4.79 Å². The molecule has 0 radical (unpaired) electrons. The smallest absolute Gasteiger partial charge is 0.303 e. The van der Waals surface area contributed by atoms with Crippen LogP contribution in [0.2, 0.25) is 0 Å². The molecule has 1 N–H and O–H groups in total. The minimum Gasteiger partial charge on any atom is -0.481 e. The molecule has 0 aromatic carbocycles. The van der Waals surface area contributed by atoms with Gasteiger partial charge in [0.25, 0.3) is 0 Å². The van der Waals surface area contributed by atoms with Gasteiger partial charge in [0.05, 0.1) is 0 Å². The highest BCUT2D eigenvalue weighted by Crippen LogP contribution is 2.10. The summed E-state index contributed by atoms with van der Waals surface area (Å²) >= 11 is 0. The molecular weight excluding hydrogens is 216 g/mol. The summed E-state index contributed by atoms with van der Waals surface area (Å²) in [5.74, 6) is 0.297. The van der Waals surface area contributed by atoms with E-state index in [9.17, 15) is 4.79 Å². The second-order valence-corrected chi connectivity index (χ2v) is 3.91. The van der Waals surface area contributed by atoms with Crippen molar-refractivity contribution in [2.45, 2.75) is 33.1 Å². The Bertz CT molecular complexity index is 338. The predicted molar refractivity (Wildman–Crippen MR) is 70.5 cm³/mol.